The van der Waals surface area contributed by atoms with E-state index in [4.69, 9.17) is 11.5 Å². The third kappa shape index (κ3) is 6.24. The van der Waals surface area contributed by atoms with Gasteiger partial charge in [0.25, 0.3) is 0 Å². The minimum absolute atomic E-state index is 0.0938. The monoisotopic (exact) mass is 186 g/mol. The largest absolute Gasteiger partial charge is 0.347 e. The van der Waals surface area contributed by atoms with Crippen molar-refractivity contribution in [3.63, 3.8) is 0 Å². The fraction of sp³-hybridized carbons (Fsp3) is 0.750. The molecule has 0 unspecified atom stereocenters. The summed E-state index contributed by atoms with van der Waals surface area (Å²) in [5, 5.41) is 2.34. The number of amides is 1. The second-order valence-electron chi connectivity index (χ2n) is 2.75. The summed E-state index contributed by atoms with van der Waals surface area (Å²) in [7, 11) is 0. The molecule has 5 nitrogen and oxygen atoms in total. The summed E-state index contributed by atoms with van der Waals surface area (Å²) in [6.07, 6.45) is 3.85. The Morgan fingerprint density at radius 1 is 1.46 bits per heavy atom. The van der Waals surface area contributed by atoms with Gasteiger partial charge < -0.3 is 16.8 Å². The first-order chi connectivity index (χ1) is 6.22. The van der Waals surface area contributed by atoms with E-state index in [2.05, 4.69) is 5.32 Å². The van der Waals surface area contributed by atoms with Gasteiger partial charge in [0.2, 0.25) is 12.2 Å². The molecule has 5 N–H and O–H groups in total. The van der Waals surface area contributed by atoms with Gasteiger partial charge >= 0.3 is 0 Å². The highest BCUT2D eigenvalue weighted by atomic mass is 16.2. The van der Waals surface area contributed by atoms with Crippen LogP contribution in [0, 0.1) is 0 Å². The lowest BCUT2D eigenvalue weighted by molar-refractivity contribution is -0.122. The number of nitrogens with one attached hydrogen (secondary N) is 1. The fourth-order valence-corrected chi connectivity index (χ4v) is 0.894. The van der Waals surface area contributed by atoms with Crippen LogP contribution in [0.3, 0.4) is 0 Å². The predicted octanol–water partition coefficient (Wildman–Crippen LogP) is -1.33. The first-order valence-electron chi connectivity index (χ1n) is 4.30. The third-order valence-corrected chi connectivity index (χ3v) is 1.64. The summed E-state index contributed by atoms with van der Waals surface area (Å²) in [5.74, 6) is -0.305. The molecule has 0 fully saturated rings. The van der Waals surface area contributed by atoms with Gasteiger partial charge in [-0.05, 0) is 19.4 Å². The first kappa shape index (κ1) is 12.1. The molecule has 0 saturated carbocycles. The average molecular weight is 186 g/mol. The van der Waals surface area contributed by atoms with Crippen LogP contribution >= 0.6 is 0 Å². The van der Waals surface area contributed by atoms with Gasteiger partial charge in [-0.2, -0.15) is 0 Å². The number of unbranched alkanes of at least 4 members (excludes halogenated alkanes) is 1. The highest BCUT2D eigenvalue weighted by molar-refractivity contribution is 5.83. The Hall–Kier alpha value is -0.940. The number of hydrogen-bond donors (Lipinski definition) is 3. The highest BCUT2D eigenvalue weighted by Crippen LogP contribution is 1.97. The van der Waals surface area contributed by atoms with Crippen molar-refractivity contribution in [2.24, 2.45) is 11.5 Å². The van der Waals surface area contributed by atoms with Crippen LogP contribution in [-0.2, 0) is 9.59 Å². The molecule has 1 atom stereocenters. The maximum absolute atomic E-state index is 11.0. The molecule has 75 valence electrons. The molecular formula is C8H16N3O2. The summed E-state index contributed by atoms with van der Waals surface area (Å²) in [5.41, 5.74) is 10.8. The SMILES string of the molecule is NCCCC[C@H](N)C(=O)NC[C]=O. The quantitative estimate of drug-likeness (QED) is 0.429. The van der Waals surface area contributed by atoms with Crippen molar-refractivity contribution in [1.82, 2.24) is 5.32 Å². The van der Waals surface area contributed by atoms with Crippen LogP contribution in [0.4, 0.5) is 0 Å². The topological polar surface area (TPSA) is 98.2 Å². The van der Waals surface area contributed by atoms with E-state index in [-0.39, 0.29) is 12.5 Å². The van der Waals surface area contributed by atoms with Crippen molar-refractivity contribution in [3.8, 4) is 0 Å². The van der Waals surface area contributed by atoms with Crippen molar-refractivity contribution >= 4 is 12.2 Å². The molecule has 0 aliphatic heterocycles. The Labute approximate surface area is 77.8 Å². The lowest BCUT2D eigenvalue weighted by Crippen LogP contribution is -2.41. The van der Waals surface area contributed by atoms with Crippen molar-refractivity contribution in [3.05, 3.63) is 0 Å². The maximum Gasteiger partial charge on any atom is 0.237 e. The van der Waals surface area contributed by atoms with Crippen LogP contribution in [0.25, 0.3) is 0 Å². The summed E-state index contributed by atoms with van der Waals surface area (Å²) < 4.78 is 0. The van der Waals surface area contributed by atoms with E-state index >= 15 is 0 Å². The predicted molar refractivity (Wildman–Crippen MR) is 49.6 cm³/mol. The molecule has 1 radical (unpaired) electrons. The molecule has 0 heterocycles. The maximum atomic E-state index is 11.0. The van der Waals surface area contributed by atoms with E-state index in [0.29, 0.717) is 13.0 Å². The van der Waals surface area contributed by atoms with Crippen LogP contribution in [0.2, 0.25) is 0 Å². The number of rotatable bonds is 7. The van der Waals surface area contributed by atoms with E-state index in [1.54, 1.807) is 6.29 Å². The van der Waals surface area contributed by atoms with Crippen molar-refractivity contribution in [2.75, 3.05) is 13.1 Å². The minimum atomic E-state index is -0.542. The van der Waals surface area contributed by atoms with E-state index in [1.165, 1.54) is 0 Å². The molecule has 0 rings (SSSR count). The second-order valence-corrected chi connectivity index (χ2v) is 2.75. The lowest BCUT2D eigenvalue weighted by atomic mass is 10.1. The number of carbonyl (C=O) groups excluding carboxylic acids is 2. The van der Waals surface area contributed by atoms with Gasteiger partial charge in [0.1, 0.15) is 0 Å². The average Bonchev–Trinajstić information content (AvgIpc) is 2.14. The second kappa shape index (κ2) is 7.70. The summed E-state index contributed by atoms with van der Waals surface area (Å²) in [4.78, 5) is 20.8. The zero-order chi connectivity index (χ0) is 10.1. The molecular weight excluding hydrogens is 170 g/mol. The Morgan fingerprint density at radius 2 is 2.15 bits per heavy atom. The van der Waals surface area contributed by atoms with Gasteiger partial charge in [0.05, 0.1) is 12.6 Å². The first-order valence-corrected chi connectivity index (χ1v) is 4.30. The zero-order valence-electron chi connectivity index (χ0n) is 7.58. The molecule has 0 bridgehead atoms. The molecule has 0 aromatic heterocycles. The van der Waals surface area contributed by atoms with E-state index < -0.39 is 6.04 Å². The van der Waals surface area contributed by atoms with E-state index in [9.17, 15) is 9.59 Å². The Balaban J connectivity index is 3.50. The summed E-state index contributed by atoms with van der Waals surface area (Å²) in [6, 6.07) is -0.542. The van der Waals surface area contributed by atoms with Gasteiger partial charge in [-0.15, -0.1) is 0 Å². The zero-order valence-corrected chi connectivity index (χ0v) is 7.58. The standard InChI is InChI=1S/C8H16N3O2/c9-4-2-1-3-7(10)8(13)11-5-6-12/h7H,1-5,9-10H2,(H,11,13)/t7-/m0/s1. The minimum Gasteiger partial charge on any atom is -0.347 e. The number of nitrogens with two attached hydrogens (primary N) is 2. The molecule has 0 aliphatic rings. The molecule has 0 saturated heterocycles. The third-order valence-electron chi connectivity index (χ3n) is 1.64. The molecule has 13 heavy (non-hydrogen) atoms. The van der Waals surface area contributed by atoms with Crippen molar-refractivity contribution < 1.29 is 9.59 Å². The van der Waals surface area contributed by atoms with Crippen LogP contribution < -0.4 is 16.8 Å². The van der Waals surface area contributed by atoms with Gasteiger partial charge in [0.15, 0.2) is 0 Å². The van der Waals surface area contributed by atoms with Gasteiger partial charge in [-0.1, -0.05) is 6.42 Å². The summed E-state index contributed by atoms with van der Waals surface area (Å²) >= 11 is 0. The molecule has 0 aromatic rings. The van der Waals surface area contributed by atoms with Crippen LogP contribution in [0.1, 0.15) is 19.3 Å². The molecule has 0 aromatic carbocycles. The highest BCUT2D eigenvalue weighted by Gasteiger charge is 2.11. The Bertz CT molecular complexity index is 161. The van der Waals surface area contributed by atoms with Crippen molar-refractivity contribution in [1.29, 1.82) is 0 Å². The van der Waals surface area contributed by atoms with Crippen LogP contribution in [0.5, 0.6) is 0 Å². The molecule has 0 aliphatic carbocycles. The Morgan fingerprint density at radius 3 is 2.69 bits per heavy atom. The molecule has 5 heteroatoms. The van der Waals surface area contributed by atoms with E-state index in [1.807, 2.05) is 0 Å². The fourth-order valence-electron chi connectivity index (χ4n) is 0.894. The molecule has 0 spiro atoms. The summed E-state index contributed by atoms with van der Waals surface area (Å²) in [6.45, 7) is 0.514. The lowest BCUT2D eigenvalue weighted by Gasteiger charge is -2.09. The number of hydrogen-bond acceptors (Lipinski definition) is 4. The molecule has 1 amide bonds. The van der Waals surface area contributed by atoms with Crippen molar-refractivity contribution in [2.45, 2.75) is 25.3 Å². The smallest absolute Gasteiger partial charge is 0.237 e. The van der Waals surface area contributed by atoms with Gasteiger partial charge in [-0.25, -0.2) is 0 Å². The van der Waals surface area contributed by atoms with Crippen LogP contribution in [-0.4, -0.2) is 31.3 Å². The number of carbonyl (C=O) groups is 1. The van der Waals surface area contributed by atoms with Gasteiger partial charge in [0, 0.05) is 0 Å². The van der Waals surface area contributed by atoms with Crippen LogP contribution in [0.15, 0.2) is 0 Å². The van der Waals surface area contributed by atoms with Gasteiger partial charge in [-0.3, -0.25) is 9.59 Å². The normalized spacial score (nSPS) is 12.2. The Kier molecular flexibility index (Phi) is 7.14. The van der Waals surface area contributed by atoms with E-state index in [0.717, 1.165) is 12.8 Å².